The molecule has 0 amide bonds. The van der Waals surface area contributed by atoms with Gasteiger partial charge >= 0.3 is 5.97 Å². The number of anilines is 1. The van der Waals surface area contributed by atoms with Crippen molar-refractivity contribution in [2.75, 3.05) is 12.4 Å². The van der Waals surface area contributed by atoms with E-state index in [4.69, 9.17) is 28.6 Å². The molecular weight excluding hydrogens is 356 g/mol. The van der Waals surface area contributed by atoms with Gasteiger partial charge in [0, 0.05) is 5.69 Å². The van der Waals surface area contributed by atoms with Crippen molar-refractivity contribution in [3.05, 3.63) is 64.2 Å². The van der Waals surface area contributed by atoms with Gasteiger partial charge < -0.3 is 15.4 Å². The van der Waals surface area contributed by atoms with Gasteiger partial charge in [0.2, 0.25) is 0 Å². The van der Waals surface area contributed by atoms with E-state index in [9.17, 15) is 4.79 Å². The second-order valence-corrected chi connectivity index (χ2v) is 6.42. The summed E-state index contributed by atoms with van der Waals surface area (Å²) in [6.45, 7) is 4.18. The normalized spacial score (nSPS) is 11.5. The Labute approximate surface area is 158 Å². The van der Waals surface area contributed by atoms with Crippen molar-refractivity contribution < 1.29 is 9.53 Å². The molecule has 0 saturated carbocycles. The molecule has 4 nitrogen and oxygen atoms in total. The molecule has 0 unspecified atom stereocenters. The number of nitrogens with one attached hydrogen (secondary N) is 2. The molecule has 0 fully saturated rings. The monoisotopic (exact) mass is 376 g/mol. The van der Waals surface area contributed by atoms with E-state index in [0.29, 0.717) is 21.4 Å². The Kier molecular flexibility index (Phi) is 6.79. The van der Waals surface area contributed by atoms with Crippen LogP contribution < -0.4 is 10.6 Å². The number of thiocarbonyl (C=S) groups is 1. The summed E-state index contributed by atoms with van der Waals surface area (Å²) in [5, 5.41) is 7.23. The van der Waals surface area contributed by atoms with Gasteiger partial charge in [-0.25, -0.2) is 4.79 Å². The van der Waals surface area contributed by atoms with Crippen molar-refractivity contribution in [1.82, 2.24) is 5.32 Å². The van der Waals surface area contributed by atoms with Crippen LogP contribution in [0.25, 0.3) is 0 Å². The zero-order valence-electron chi connectivity index (χ0n) is 14.4. The maximum absolute atomic E-state index is 11.7. The highest BCUT2D eigenvalue weighted by Gasteiger charge is 2.14. The van der Waals surface area contributed by atoms with Gasteiger partial charge in [-0.3, -0.25) is 0 Å². The number of rotatable bonds is 5. The first kappa shape index (κ1) is 19.2. The minimum Gasteiger partial charge on any atom is -0.465 e. The van der Waals surface area contributed by atoms with E-state index in [2.05, 4.69) is 36.6 Å². The summed E-state index contributed by atoms with van der Waals surface area (Å²) < 4.78 is 4.73. The first-order valence-corrected chi connectivity index (χ1v) is 8.75. The number of benzene rings is 2. The molecule has 0 aliphatic heterocycles. The van der Waals surface area contributed by atoms with E-state index in [1.165, 1.54) is 18.2 Å². The molecular formula is C19H21ClN2O2S. The quantitative estimate of drug-likeness (QED) is 0.575. The topological polar surface area (TPSA) is 50.4 Å². The zero-order valence-corrected chi connectivity index (χ0v) is 16.0. The molecule has 0 aliphatic rings. The minimum absolute atomic E-state index is 0.105. The number of esters is 1. The van der Waals surface area contributed by atoms with Gasteiger partial charge in [0.25, 0.3) is 0 Å². The third-order valence-corrected chi connectivity index (χ3v) is 4.46. The fraction of sp³-hybridized carbons (Fsp3) is 0.263. The molecule has 2 rings (SSSR count). The molecule has 0 heterocycles. The van der Waals surface area contributed by atoms with E-state index in [-0.39, 0.29) is 6.04 Å². The Morgan fingerprint density at radius 1 is 1.28 bits per heavy atom. The SMILES string of the molecule is CC[C@@H](NC(=S)Nc1ccc(Cl)c(C(=O)OC)c1)c1ccccc1C. The smallest absolute Gasteiger partial charge is 0.339 e. The van der Waals surface area contributed by atoms with Crippen LogP contribution in [0.3, 0.4) is 0 Å². The van der Waals surface area contributed by atoms with Gasteiger partial charge in [0.1, 0.15) is 0 Å². The first-order valence-electron chi connectivity index (χ1n) is 7.97. The number of halogens is 1. The van der Waals surface area contributed by atoms with Crippen LogP contribution in [-0.4, -0.2) is 18.2 Å². The molecule has 2 aromatic carbocycles. The van der Waals surface area contributed by atoms with E-state index in [1.54, 1.807) is 18.2 Å². The predicted octanol–water partition coefficient (Wildman–Crippen LogP) is 4.87. The largest absolute Gasteiger partial charge is 0.465 e. The summed E-state index contributed by atoms with van der Waals surface area (Å²) in [5.41, 5.74) is 3.38. The van der Waals surface area contributed by atoms with Gasteiger partial charge in [-0.05, 0) is 54.9 Å². The fourth-order valence-corrected chi connectivity index (χ4v) is 3.03. The molecule has 2 N–H and O–H groups in total. The summed E-state index contributed by atoms with van der Waals surface area (Å²) in [6, 6.07) is 13.3. The van der Waals surface area contributed by atoms with Gasteiger partial charge in [-0.15, -0.1) is 0 Å². The van der Waals surface area contributed by atoms with Crippen molar-refractivity contribution in [2.24, 2.45) is 0 Å². The number of carbonyl (C=O) groups excluding carboxylic acids is 1. The molecule has 0 spiro atoms. The molecule has 0 radical (unpaired) electrons. The Morgan fingerprint density at radius 2 is 2.00 bits per heavy atom. The van der Waals surface area contributed by atoms with Crippen LogP contribution in [0.2, 0.25) is 5.02 Å². The Hall–Kier alpha value is -2.11. The van der Waals surface area contributed by atoms with Crippen LogP contribution in [0.15, 0.2) is 42.5 Å². The molecule has 0 aromatic heterocycles. The minimum atomic E-state index is -0.487. The Morgan fingerprint density at radius 3 is 2.64 bits per heavy atom. The average molecular weight is 377 g/mol. The molecule has 0 bridgehead atoms. The number of hydrogen-bond donors (Lipinski definition) is 2. The van der Waals surface area contributed by atoms with Crippen LogP contribution >= 0.6 is 23.8 Å². The maximum atomic E-state index is 11.7. The first-order chi connectivity index (χ1) is 12.0. The molecule has 132 valence electrons. The number of aryl methyl sites for hydroxylation is 1. The van der Waals surface area contributed by atoms with Crippen molar-refractivity contribution in [3.8, 4) is 0 Å². The molecule has 2 aromatic rings. The molecule has 1 atom stereocenters. The van der Waals surface area contributed by atoms with E-state index >= 15 is 0 Å². The lowest BCUT2D eigenvalue weighted by Gasteiger charge is -2.21. The summed E-state index contributed by atoms with van der Waals surface area (Å²) in [5.74, 6) is -0.487. The second-order valence-electron chi connectivity index (χ2n) is 5.60. The average Bonchev–Trinajstić information content (AvgIpc) is 2.61. The van der Waals surface area contributed by atoms with Gasteiger partial charge in [0.15, 0.2) is 5.11 Å². The summed E-state index contributed by atoms with van der Waals surface area (Å²) >= 11 is 11.5. The number of ether oxygens (including phenoxy) is 1. The van der Waals surface area contributed by atoms with Crippen LogP contribution in [0.4, 0.5) is 5.69 Å². The van der Waals surface area contributed by atoms with Crippen LogP contribution in [0, 0.1) is 6.92 Å². The lowest BCUT2D eigenvalue weighted by Crippen LogP contribution is -2.32. The zero-order chi connectivity index (χ0) is 18.4. The summed E-state index contributed by atoms with van der Waals surface area (Å²) in [6.07, 6.45) is 0.890. The predicted molar refractivity (Wildman–Crippen MR) is 106 cm³/mol. The third-order valence-electron chi connectivity index (χ3n) is 3.91. The summed E-state index contributed by atoms with van der Waals surface area (Å²) in [7, 11) is 1.32. The highest BCUT2D eigenvalue weighted by Crippen LogP contribution is 2.23. The van der Waals surface area contributed by atoms with Gasteiger partial charge in [-0.1, -0.05) is 42.8 Å². The van der Waals surface area contributed by atoms with E-state index in [0.717, 1.165) is 6.42 Å². The van der Waals surface area contributed by atoms with Crippen molar-refractivity contribution in [1.29, 1.82) is 0 Å². The van der Waals surface area contributed by atoms with Crippen LogP contribution in [0.5, 0.6) is 0 Å². The summed E-state index contributed by atoms with van der Waals surface area (Å²) in [4.78, 5) is 11.7. The molecule has 6 heteroatoms. The second kappa shape index (κ2) is 8.83. The lowest BCUT2D eigenvalue weighted by molar-refractivity contribution is 0.0601. The maximum Gasteiger partial charge on any atom is 0.339 e. The highest BCUT2D eigenvalue weighted by molar-refractivity contribution is 7.80. The van der Waals surface area contributed by atoms with E-state index in [1.807, 2.05) is 12.1 Å². The van der Waals surface area contributed by atoms with Crippen molar-refractivity contribution >= 4 is 40.6 Å². The van der Waals surface area contributed by atoms with E-state index < -0.39 is 5.97 Å². The standard InChI is InChI=1S/C19H21ClN2O2S/c1-4-17(14-8-6-5-7-12(14)2)22-19(25)21-13-9-10-16(20)15(11-13)18(23)24-3/h5-11,17H,4H2,1-3H3,(H2,21,22,25)/t17-/m1/s1. The number of carbonyl (C=O) groups is 1. The Bertz CT molecular complexity index is 780. The Balaban J connectivity index is 2.12. The number of hydrogen-bond acceptors (Lipinski definition) is 3. The molecule has 0 saturated heterocycles. The molecule has 25 heavy (non-hydrogen) atoms. The van der Waals surface area contributed by atoms with Gasteiger partial charge in [-0.2, -0.15) is 0 Å². The number of methoxy groups -OCH3 is 1. The molecule has 0 aliphatic carbocycles. The highest BCUT2D eigenvalue weighted by atomic mass is 35.5. The van der Waals surface area contributed by atoms with Crippen molar-refractivity contribution in [2.45, 2.75) is 26.3 Å². The van der Waals surface area contributed by atoms with Crippen LogP contribution in [-0.2, 0) is 4.74 Å². The fourth-order valence-electron chi connectivity index (χ4n) is 2.57. The van der Waals surface area contributed by atoms with Gasteiger partial charge in [0.05, 0.1) is 23.7 Å². The third kappa shape index (κ3) is 4.94. The lowest BCUT2D eigenvalue weighted by atomic mass is 10.00. The van der Waals surface area contributed by atoms with Crippen molar-refractivity contribution in [3.63, 3.8) is 0 Å². The van der Waals surface area contributed by atoms with Crippen LogP contribution in [0.1, 0.15) is 40.9 Å².